The van der Waals surface area contributed by atoms with Crippen LogP contribution in [0.1, 0.15) is 70.9 Å². The zero-order valence-electron chi connectivity index (χ0n) is 34.8. The van der Waals surface area contributed by atoms with Crippen LogP contribution in [0.15, 0.2) is 119 Å². The van der Waals surface area contributed by atoms with Gasteiger partial charge in [0.1, 0.15) is 18.5 Å². The van der Waals surface area contributed by atoms with E-state index in [9.17, 15) is 9.90 Å². The van der Waals surface area contributed by atoms with Crippen molar-refractivity contribution >= 4 is 34.2 Å². The number of hydrogen-bond acceptors (Lipinski definition) is 7. The fraction of sp³-hybridized carbons (Fsp3) is 0.429. The van der Waals surface area contributed by atoms with Crippen LogP contribution in [-0.4, -0.2) is 92.7 Å². The molecule has 8 nitrogen and oxygen atoms in total. The van der Waals surface area contributed by atoms with Gasteiger partial charge in [-0.25, -0.2) is 0 Å². The molecule has 8 heteroatoms. The van der Waals surface area contributed by atoms with Gasteiger partial charge in [0.25, 0.3) is 0 Å². The van der Waals surface area contributed by atoms with E-state index in [4.69, 9.17) is 9.73 Å². The second-order valence-corrected chi connectivity index (χ2v) is 15.1. The highest BCUT2D eigenvalue weighted by molar-refractivity contribution is 6.12. The van der Waals surface area contributed by atoms with E-state index in [0.717, 1.165) is 105 Å². The average Bonchev–Trinajstić information content (AvgIpc) is 3.23. The summed E-state index contributed by atoms with van der Waals surface area (Å²) in [5.74, 6) is 0.932. The molecule has 3 aromatic rings. The minimum atomic E-state index is -0.606. The number of nitrogens with zero attached hydrogens (tertiary/aromatic N) is 3. The number of nitrogens with one attached hydrogen (secondary N) is 2. The minimum absolute atomic E-state index is 0.141. The summed E-state index contributed by atoms with van der Waals surface area (Å²) >= 11 is 0. The number of hydrogen-bond donors (Lipinski definition) is 3. The Morgan fingerprint density at radius 2 is 1.86 bits per heavy atom. The zero-order chi connectivity index (χ0) is 40.2. The van der Waals surface area contributed by atoms with Crippen molar-refractivity contribution in [1.29, 1.82) is 0 Å². The fourth-order valence-corrected chi connectivity index (χ4v) is 7.54. The quantitative estimate of drug-likeness (QED) is 0.0889. The van der Waals surface area contributed by atoms with E-state index in [0.29, 0.717) is 19.5 Å². The monoisotopic (exact) mass is 772 g/mol. The number of aliphatic hydroxyl groups excluding tert-OH is 1. The Hall–Kier alpha value is -4.76. The average molecular weight is 772 g/mol. The summed E-state index contributed by atoms with van der Waals surface area (Å²) in [4.78, 5) is 22.6. The molecule has 0 radical (unpaired) electrons. The van der Waals surface area contributed by atoms with Crippen molar-refractivity contribution in [3.05, 3.63) is 125 Å². The molecule has 3 N–H and O–H groups in total. The number of allylic oxidation sites excluding steroid dienone is 9. The Kier molecular flexibility index (Phi) is 17.9. The van der Waals surface area contributed by atoms with Gasteiger partial charge >= 0.3 is 0 Å². The van der Waals surface area contributed by atoms with Crippen LogP contribution in [0.2, 0.25) is 0 Å². The summed E-state index contributed by atoms with van der Waals surface area (Å²) in [6.45, 7) is 15.7. The largest absolute Gasteiger partial charge is 0.490 e. The molecule has 304 valence electrons. The minimum Gasteiger partial charge on any atom is -0.490 e. The number of ether oxygens (including phenoxy) is 1. The number of anilines is 1. The lowest BCUT2D eigenvalue weighted by Crippen LogP contribution is -2.37. The van der Waals surface area contributed by atoms with E-state index in [2.05, 4.69) is 114 Å². The molecule has 57 heavy (non-hydrogen) atoms. The van der Waals surface area contributed by atoms with Gasteiger partial charge < -0.3 is 30.3 Å². The topological polar surface area (TPSA) is 89.4 Å². The van der Waals surface area contributed by atoms with Crippen LogP contribution >= 0.6 is 0 Å². The second kappa shape index (κ2) is 23.5. The lowest BCUT2D eigenvalue weighted by Gasteiger charge is -2.31. The maximum absolute atomic E-state index is 12.8. The lowest BCUT2D eigenvalue weighted by molar-refractivity contribution is -0.121. The van der Waals surface area contributed by atoms with E-state index in [1.165, 1.54) is 16.8 Å². The third-order valence-corrected chi connectivity index (χ3v) is 10.7. The van der Waals surface area contributed by atoms with Gasteiger partial charge in [0.05, 0.1) is 5.71 Å². The van der Waals surface area contributed by atoms with E-state index >= 15 is 0 Å². The number of aryl methyl sites for hydroxylation is 1. The van der Waals surface area contributed by atoms with Crippen LogP contribution in [-0.2, 0) is 11.2 Å². The molecular formula is C49H65N5O3. The molecule has 1 heterocycles. The summed E-state index contributed by atoms with van der Waals surface area (Å²) in [7, 11) is 0. The maximum Gasteiger partial charge on any atom is 0.221 e. The summed E-state index contributed by atoms with van der Waals surface area (Å²) in [6, 6.07) is 21.0. The summed E-state index contributed by atoms with van der Waals surface area (Å²) in [5, 5.41) is 19.3. The van der Waals surface area contributed by atoms with Gasteiger partial charge in [-0.05, 0) is 118 Å². The Morgan fingerprint density at radius 1 is 1.04 bits per heavy atom. The molecule has 2 aliphatic rings. The number of fused-ring (bicyclic) bond motifs is 2. The smallest absolute Gasteiger partial charge is 0.221 e. The Bertz CT molecular complexity index is 1920. The van der Waals surface area contributed by atoms with Gasteiger partial charge in [0.15, 0.2) is 0 Å². The van der Waals surface area contributed by atoms with Crippen molar-refractivity contribution in [3.63, 3.8) is 0 Å². The molecule has 0 saturated carbocycles. The first-order valence-electron chi connectivity index (χ1n) is 21.2. The lowest BCUT2D eigenvalue weighted by atomic mass is 9.96. The van der Waals surface area contributed by atoms with E-state index in [1.807, 2.05) is 43.3 Å². The van der Waals surface area contributed by atoms with Gasteiger partial charge in [-0.15, -0.1) is 0 Å². The number of amides is 1. The number of rotatable bonds is 22. The van der Waals surface area contributed by atoms with Crippen LogP contribution in [0.4, 0.5) is 5.69 Å². The highest BCUT2D eigenvalue weighted by Gasteiger charge is 2.19. The molecule has 1 aliphatic heterocycles. The zero-order valence-corrected chi connectivity index (χ0v) is 34.8. The molecule has 0 fully saturated rings. The SMILES string of the molecule is C\C=C/C(C=Cc1ccc2c(c1)CCCN2CCC(=O)NC(C)CCCN(CC)CC)=C1/C=CC=C/C1=N\CCCNCC(O)COc1cccc2ccccc12. The molecule has 0 bridgehead atoms. The van der Waals surface area contributed by atoms with Crippen LogP contribution < -0.4 is 20.3 Å². The maximum atomic E-state index is 12.8. The van der Waals surface area contributed by atoms with Crippen LogP contribution in [0.25, 0.3) is 16.8 Å². The number of aliphatic imine (C=N–C) groups is 1. The summed E-state index contributed by atoms with van der Waals surface area (Å²) in [6.07, 6.45) is 21.9. The highest BCUT2D eigenvalue weighted by Crippen LogP contribution is 2.29. The van der Waals surface area contributed by atoms with Crippen molar-refractivity contribution in [3.8, 4) is 5.75 Å². The molecule has 0 aromatic heterocycles. The molecule has 1 aliphatic carbocycles. The predicted molar refractivity (Wildman–Crippen MR) is 241 cm³/mol. The third-order valence-electron chi connectivity index (χ3n) is 10.7. The van der Waals surface area contributed by atoms with Crippen LogP contribution in [0, 0.1) is 0 Å². The van der Waals surface area contributed by atoms with Gasteiger partial charge in [-0.2, -0.15) is 0 Å². The second-order valence-electron chi connectivity index (χ2n) is 15.1. The number of aliphatic hydroxyl groups is 1. The summed E-state index contributed by atoms with van der Waals surface area (Å²) in [5.41, 5.74) is 6.93. The van der Waals surface area contributed by atoms with Crippen molar-refractivity contribution in [2.45, 2.75) is 78.4 Å². The highest BCUT2D eigenvalue weighted by atomic mass is 16.5. The van der Waals surface area contributed by atoms with E-state index in [-0.39, 0.29) is 18.6 Å². The molecule has 2 atom stereocenters. The first-order valence-corrected chi connectivity index (χ1v) is 21.2. The van der Waals surface area contributed by atoms with Gasteiger partial charge in [0.2, 0.25) is 5.91 Å². The van der Waals surface area contributed by atoms with Gasteiger partial charge in [-0.3, -0.25) is 9.79 Å². The normalized spacial score (nSPS) is 16.9. The molecule has 2 unspecified atom stereocenters. The molecule has 0 spiro atoms. The van der Waals surface area contributed by atoms with Crippen LogP contribution in [0.3, 0.4) is 0 Å². The Balaban J connectivity index is 1.10. The first-order chi connectivity index (χ1) is 27.9. The molecule has 1 amide bonds. The molecular weight excluding hydrogens is 707 g/mol. The van der Waals surface area contributed by atoms with Gasteiger partial charge in [0, 0.05) is 55.3 Å². The molecule has 3 aromatic carbocycles. The number of benzene rings is 3. The van der Waals surface area contributed by atoms with Crippen molar-refractivity contribution in [2.24, 2.45) is 4.99 Å². The number of carbonyl (C=O) groups excluding carboxylic acids is 1. The standard InChI is InChI=1S/C49H65N5O3/c1-5-16-40(27-25-39-26-28-47-42(35-39)20-14-33-54(47)34-29-49(56)52-38(4)17-13-32-53(6-2)7-3)44-21-10-11-23-46(44)51-31-15-30-50-36-43(55)37-57-48-24-12-19-41-18-8-9-22-45(41)48/h5,8-12,16,18-19,21-28,35,38,43,50,55H,6-7,13-15,17,20,29-34,36-37H2,1-4H3,(H,52,56)/b16-5-,27-25?,44-40+,51-46+. The van der Waals surface area contributed by atoms with E-state index < -0.39 is 6.10 Å². The fourth-order valence-electron chi connectivity index (χ4n) is 7.54. The Labute approximate surface area is 341 Å². The van der Waals surface area contributed by atoms with Crippen molar-refractivity contribution in [1.82, 2.24) is 15.5 Å². The third kappa shape index (κ3) is 13.7. The molecule has 0 saturated heterocycles. The van der Waals surface area contributed by atoms with E-state index in [1.54, 1.807) is 0 Å². The first kappa shape index (κ1) is 43.4. The van der Waals surface area contributed by atoms with Crippen molar-refractivity contribution < 1.29 is 14.6 Å². The van der Waals surface area contributed by atoms with Crippen LogP contribution in [0.5, 0.6) is 5.75 Å². The predicted octanol–water partition coefficient (Wildman–Crippen LogP) is 8.48. The van der Waals surface area contributed by atoms with Crippen molar-refractivity contribution in [2.75, 3.05) is 63.9 Å². The molecule has 5 rings (SSSR count). The number of carbonyl (C=O) groups is 1. The van der Waals surface area contributed by atoms with Gasteiger partial charge in [-0.1, -0.05) is 98.8 Å². The summed E-state index contributed by atoms with van der Waals surface area (Å²) < 4.78 is 5.96. The Morgan fingerprint density at radius 3 is 2.70 bits per heavy atom.